The van der Waals surface area contributed by atoms with E-state index in [1.54, 1.807) is 17.1 Å². The number of hydrogen-bond acceptors (Lipinski definition) is 6. The second-order valence-corrected chi connectivity index (χ2v) is 9.19. The maximum absolute atomic E-state index is 12.8. The summed E-state index contributed by atoms with van der Waals surface area (Å²) >= 11 is 9.51. The van der Waals surface area contributed by atoms with Crippen LogP contribution in [0.2, 0.25) is 5.15 Å². The lowest BCUT2D eigenvalue weighted by molar-refractivity contribution is 0.102. The zero-order valence-electron chi connectivity index (χ0n) is 16.3. The number of hydrogen-bond donors (Lipinski definition) is 1. The Kier molecular flexibility index (Phi) is 6.17. The van der Waals surface area contributed by atoms with Gasteiger partial charge in [-0.3, -0.25) is 4.79 Å². The van der Waals surface area contributed by atoms with Crippen molar-refractivity contribution in [3.63, 3.8) is 0 Å². The summed E-state index contributed by atoms with van der Waals surface area (Å²) in [7, 11) is 0. The lowest BCUT2D eigenvalue weighted by atomic mass is 10.1. The smallest absolute Gasteiger partial charge is 0.260 e. The predicted molar refractivity (Wildman–Crippen MR) is 121 cm³/mol. The van der Waals surface area contributed by atoms with Crippen LogP contribution in [0.4, 0.5) is 5.69 Å². The molecule has 0 fully saturated rings. The van der Waals surface area contributed by atoms with Gasteiger partial charge in [-0.05, 0) is 43.7 Å². The molecule has 0 unspecified atom stereocenters. The van der Waals surface area contributed by atoms with E-state index in [1.807, 2.05) is 55.5 Å². The average Bonchev–Trinajstić information content (AvgIpc) is 3.33. The summed E-state index contributed by atoms with van der Waals surface area (Å²) in [6, 6.07) is 15.7. The van der Waals surface area contributed by atoms with Crippen molar-refractivity contribution in [3.05, 3.63) is 81.6 Å². The van der Waals surface area contributed by atoms with Gasteiger partial charge in [0.15, 0.2) is 4.34 Å². The van der Waals surface area contributed by atoms with Crippen molar-refractivity contribution in [1.82, 2.24) is 20.0 Å². The van der Waals surface area contributed by atoms with Crippen molar-refractivity contribution in [2.75, 3.05) is 5.32 Å². The summed E-state index contributed by atoms with van der Waals surface area (Å²) in [5, 5.41) is 15.5. The highest BCUT2D eigenvalue weighted by Gasteiger charge is 2.20. The number of carbonyl (C=O) groups excluding carboxylic acids is 1. The van der Waals surface area contributed by atoms with Crippen LogP contribution in [-0.4, -0.2) is 25.9 Å². The summed E-state index contributed by atoms with van der Waals surface area (Å²) in [4.78, 5) is 13.9. The molecule has 0 spiro atoms. The van der Waals surface area contributed by atoms with Crippen molar-refractivity contribution in [2.24, 2.45) is 0 Å². The molecule has 2 heterocycles. The predicted octanol–water partition coefficient (Wildman–Crippen LogP) is 5.46. The van der Waals surface area contributed by atoms with Crippen LogP contribution in [0.15, 0.2) is 63.3 Å². The summed E-state index contributed by atoms with van der Waals surface area (Å²) in [6.07, 6.45) is 0. The molecule has 0 saturated heterocycles. The Labute approximate surface area is 187 Å². The Hall–Kier alpha value is -2.68. The molecule has 0 radical (unpaired) electrons. The lowest BCUT2D eigenvalue weighted by Gasteiger charge is -2.07. The Balaban J connectivity index is 1.46. The number of halogens is 1. The third kappa shape index (κ3) is 4.72. The van der Waals surface area contributed by atoms with Crippen LogP contribution in [0.25, 0.3) is 0 Å². The van der Waals surface area contributed by atoms with E-state index >= 15 is 0 Å². The first-order valence-corrected chi connectivity index (χ1v) is 11.2. The SMILES string of the molecule is Cc1ccc(Cn2nc(C)c(C(=O)Nc3ccc(Sc4nncs4)cc3)c2Cl)cc1. The zero-order valence-corrected chi connectivity index (χ0v) is 18.7. The number of rotatable bonds is 6. The van der Waals surface area contributed by atoms with Gasteiger partial charge >= 0.3 is 0 Å². The Morgan fingerprint density at radius 1 is 1.13 bits per heavy atom. The highest BCUT2D eigenvalue weighted by molar-refractivity contribution is 8.01. The fraction of sp³-hybridized carbons (Fsp3) is 0.143. The van der Waals surface area contributed by atoms with Gasteiger partial charge in [0.2, 0.25) is 0 Å². The van der Waals surface area contributed by atoms with Crippen LogP contribution < -0.4 is 5.32 Å². The molecule has 9 heteroatoms. The molecule has 6 nitrogen and oxygen atoms in total. The molecule has 1 amide bonds. The maximum Gasteiger partial charge on any atom is 0.260 e. The maximum atomic E-state index is 12.8. The highest BCUT2D eigenvalue weighted by Crippen LogP contribution is 2.29. The van der Waals surface area contributed by atoms with Gasteiger partial charge in [-0.25, -0.2) is 4.68 Å². The number of aromatic nitrogens is 4. The lowest BCUT2D eigenvalue weighted by Crippen LogP contribution is -2.13. The molecule has 2 aromatic heterocycles. The Morgan fingerprint density at radius 3 is 2.53 bits per heavy atom. The van der Waals surface area contributed by atoms with Crippen molar-refractivity contribution in [2.45, 2.75) is 29.6 Å². The number of nitrogens with one attached hydrogen (secondary N) is 1. The molecular formula is C21H18ClN5OS2. The van der Waals surface area contributed by atoms with Crippen LogP contribution in [0.1, 0.15) is 27.2 Å². The minimum Gasteiger partial charge on any atom is -0.322 e. The minimum absolute atomic E-state index is 0.280. The molecule has 0 bridgehead atoms. The van der Waals surface area contributed by atoms with Crippen molar-refractivity contribution < 1.29 is 4.79 Å². The van der Waals surface area contributed by atoms with Crippen molar-refractivity contribution >= 4 is 46.3 Å². The number of aryl methyl sites for hydroxylation is 2. The van der Waals surface area contributed by atoms with Gasteiger partial charge < -0.3 is 5.32 Å². The molecular weight excluding hydrogens is 438 g/mol. The Morgan fingerprint density at radius 2 is 1.87 bits per heavy atom. The first-order valence-electron chi connectivity index (χ1n) is 9.13. The number of nitrogens with zero attached hydrogens (tertiary/aromatic N) is 4. The van der Waals surface area contributed by atoms with Crippen LogP contribution in [0.5, 0.6) is 0 Å². The van der Waals surface area contributed by atoms with Gasteiger partial charge in [0, 0.05) is 10.6 Å². The first-order chi connectivity index (χ1) is 14.5. The fourth-order valence-electron chi connectivity index (χ4n) is 2.89. The zero-order chi connectivity index (χ0) is 21.1. The molecule has 2 aromatic carbocycles. The van der Waals surface area contributed by atoms with Gasteiger partial charge in [0.1, 0.15) is 10.7 Å². The number of benzene rings is 2. The Bertz CT molecular complexity index is 1160. The van der Waals surface area contributed by atoms with E-state index in [2.05, 4.69) is 20.6 Å². The number of amides is 1. The molecule has 0 saturated carbocycles. The number of anilines is 1. The van der Waals surface area contributed by atoms with Gasteiger partial charge in [0.05, 0.1) is 17.8 Å². The third-order valence-corrected chi connectivity index (χ3v) is 6.57. The van der Waals surface area contributed by atoms with E-state index in [-0.39, 0.29) is 5.91 Å². The van der Waals surface area contributed by atoms with Gasteiger partial charge in [-0.2, -0.15) is 5.10 Å². The standard InChI is InChI=1S/C21H18ClN5OS2/c1-13-3-5-15(6-4-13)11-27-19(22)18(14(2)26-27)20(28)24-16-7-9-17(10-8-16)30-21-25-23-12-29-21/h3-10,12H,11H2,1-2H3,(H,24,28). The topological polar surface area (TPSA) is 72.7 Å². The van der Waals surface area contributed by atoms with Crippen molar-refractivity contribution in [3.8, 4) is 0 Å². The van der Waals surface area contributed by atoms with Gasteiger partial charge in [-0.1, -0.05) is 64.5 Å². The van der Waals surface area contributed by atoms with Crippen LogP contribution in [-0.2, 0) is 6.54 Å². The van der Waals surface area contributed by atoms with Crippen LogP contribution in [0, 0.1) is 13.8 Å². The van der Waals surface area contributed by atoms with E-state index in [4.69, 9.17) is 11.6 Å². The average molecular weight is 456 g/mol. The summed E-state index contributed by atoms with van der Waals surface area (Å²) in [5.41, 5.74) is 5.62. The molecule has 0 aliphatic rings. The van der Waals surface area contributed by atoms with E-state index in [0.29, 0.717) is 28.6 Å². The summed E-state index contributed by atoms with van der Waals surface area (Å²) < 4.78 is 2.52. The normalized spacial score (nSPS) is 10.9. The van der Waals surface area contributed by atoms with Gasteiger partial charge in [0.25, 0.3) is 5.91 Å². The van der Waals surface area contributed by atoms with E-state index in [9.17, 15) is 4.79 Å². The molecule has 1 N–H and O–H groups in total. The molecule has 0 aliphatic heterocycles. The molecule has 4 rings (SSSR count). The first kappa shape index (κ1) is 20.6. The molecule has 0 atom stereocenters. The number of carbonyl (C=O) groups is 1. The quantitative estimate of drug-likeness (QED) is 0.418. The van der Waals surface area contributed by atoms with Gasteiger partial charge in [-0.15, -0.1) is 10.2 Å². The van der Waals surface area contributed by atoms with Crippen LogP contribution in [0.3, 0.4) is 0 Å². The fourth-order valence-corrected chi connectivity index (χ4v) is 4.66. The monoisotopic (exact) mass is 455 g/mol. The molecule has 152 valence electrons. The van der Waals surface area contributed by atoms with Crippen molar-refractivity contribution in [1.29, 1.82) is 0 Å². The molecule has 4 aromatic rings. The highest BCUT2D eigenvalue weighted by atomic mass is 35.5. The largest absolute Gasteiger partial charge is 0.322 e. The minimum atomic E-state index is -0.280. The van der Waals surface area contributed by atoms with E-state index in [1.165, 1.54) is 28.7 Å². The molecule has 30 heavy (non-hydrogen) atoms. The second-order valence-electron chi connectivity index (χ2n) is 6.68. The third-order valence-electron chi connectivity index (χ3n) is 4.40. The van der Waals surface area contributed by atoms with E-state index < -0.39 is 0 Å². The van der Waals surface area contributed by atoms with Crippen LogP contribution >= 0.6 is 34.7 Å². The summed E-state index contributed by atoms with van der Waals surface area (Å²) in [5.74, 6) is -0.280. The summed E-state index contributed by atoms with van der Waals surface area (Å²) in [6.45, 7) is 4.33. The second kappa shape index (κ2) is 8.99. The van der Waals surface area contributed by atoms with E-state index in [0.717, 1.165) is 14.8 Å². The molecule has 0 aliphatic carbocycles.